The quantitative estimate of drug-likeness (QED) is 0.627. The Morgan fingerprint density at radius 1 is 1.24 bits per heavy atom. The summed E-state index contributed by atoms with van der Waals surface area (Å²) in [5.41, 5.74) is 7.39. The van der Waals surface area contributed by atoms with Crippen LogP contribution in [0.4, 0.5) is 5.69 Å². The maximum absolute atomic E-state index is 5.90. The number of epoxide rings is 1. The molecule has 2 fully saturated rings. The summed E-state index contributed by atoms with van der Waals surface area (Å²) in [6.07, 6.45) is -0.120. The van der Waals surface area contributed by atoms with Crippen molar-refractivity contribution < 1.29 is 18.9 Å². The summed E-state index contributed by atoms with van der Waals surface area (Å²) in [6.45, 7) is 2.57. The second-order valence-corrected chi connectivity index (χ2v) is 4.13. The van der Waals surface area contributed by atoms with Gasteiger partial charge < -0.3 is 24.7 Å². The predicted molar refractivity (Wildman–Crippen MR) is 60.7 cm³/mol. The van der Waals surface area contributed by atoms with E-state index in [0.717, 1.165) is 17.9 Å². The summed E-state index contributed by atoms with van der Waals surface area (Å²) < 4.78 is 21.5. The summed E-state index contributed by atoms with van der Waals surface area (Å²) >= 11 is 0. The largest absolute Gasteiger partial charge is 0.491 e. The summed E-state index contributed by atoms with van der Waals surface area (Å²) in [6, 6.07) is 5.52. The summed E-state index contributed by atoms with van der Waals surface area (Å²) in [4.78, 5) is 0. The first-order valence-electron chi connectivity index (χ1n) is 5.70. The highest BCUT2D eigenvalue weighted by atomic mass is 16.7. The van der Waals surface area contributed by atoms with Crippen LogP contribution in [0.5, 0.6) is 5.75 Å². The molecule has 0 saturated carbocycles. The molecule has 92 valence electrons. The third kappa shape index (κ3) is 2.52. The average Bonchev–Trinajstić information content (AvgIpc) is 3.01. The van der Waals surface area contributed by atoms with Crippen LogP contribution >= 0.6 is 0 Å². The molecule has 5 heteroatoms. The molecule has 17 heavy (non-hydrogen) atoms. The van der Waals surface area contributed by atoms with Crippen molar-refractivity contribution in [3.8, 4) is 5.75 Å². The van der Waals surface area contributed by atoms with Crippen LogP contribution in [-0.2, 0) is 14.2 Å². The maximum atomic E-state index is 5.90. The zero-order chi connectivity index (χ0) is 11.7. The Balaban J connectivity index is 1.73. The lowest BCUT2D eigenvalue weighted by Gasteiger charge is -2.14. The molecule has 2 aliphatic rings. The molecule has 0 amide bonds. The Morgan fingerprint density at radius 3 is 2.71 bits per heavy atom. The zero-order valence-corrected chi connectivity index (χ0v) is 9.43. The Kier molecular flexibility index (Phi) is 2.88. The van der Waals surface area contributed by atoms with Gasteiger partial charge in [-0.3, -0.25) is 0 Å². The van der Waals surface area contributed by atoms with Gasteiger partial charge in [0, 0.05) is 11.3 Å². The van der Waals surface area contributed by atoms with Gasteiger partial charge in [0.2, 0.25) is 0 Å². The van der Waals surface area contributed by atoms with E-state index in [-0.39, 0.29) is 12.4 Å². The van der Waals surface area contributed by atoms with Crippen LogP contribution in [0.2, 0.25) is 0 Å². The molecule has 0 bridgehead atoms. The number of anilines is 1. The van der Waals surface area contributed by atoms with E-state index in [1.165, 1.54) is 0 Å². The molecule has 1 unspecified atom stereocenters. The van der Waals surface area contributed by atoms with Gasteiger partial charge in [-0.2, -0.15) is 0 Å². The van der Waals surface area contributed by atoms with E-state index in [1.807, 2.05) is 18.2 Å². The molecule has 3 rings (SSSR count). The van der Waals surface area contributed by atoms with Gasteiger partial charge in [0.05, 0.1) is 19.8 Å². The maximum Gasteiger partial charge on any atom is 0.186 e. The Hall–Kier alpha value is -1.30. The predicted octanol–water partition coefficient (Wildman–Crippen LogP) is 1.09. The highest BCUT2D eigenvalue weighted by Gasteiger charge is 2.24. The van der Waals surface area contributed by atoms with Crippen LogP contribution in [0.15, 0.2) is 18.2 Å². The lowest BCUT2D eigenvalue weighted by molar-refractivity contribution is -0.0436. The van der Waals surface area contributed by atoms with Crippen LogP contribution in [0.3, 0.4) is 0 Å². The smallest absolute Gasteiger partial charge is 0.186 e. The minimum Gasteiger partial charge on any atom is -0.491 e. The molecule has 5 nitrogen and oxygen atoms in total. The molecule has 1 aromatic carbocycles. The number of ether oxygens (including phenoxy) is 4. The van der Waals surface area contributed by atoms with Crippen molar-refractivity contribution in [2.24, 2.45) is 0 Å². The summed E-state index contributed by atoms with van der Waals surface area (Å²) in [5, 5.41) is 0. The Bertz CT molecular complexity index is 399. The van der Waals surface area contributed by atoms with E-state index in [9.17, 15) is 0 Å². The molecular weight excluding hydrogens is 222 g/mol. The summed E-state index contributed by atoms with van der Waals surface area (Å²) in [7, 11) is 0. The van der Waals surface area contributed by atoms with E-state index in [4.69, 9.17) is 24.7 Å². The van der Waals surface area contributed by atoms with E-state index in [2.05, 4.69) is 0 Å². The normalized spacial score (nSPS) is 23.9. The molecule has 0 aromatic heterocycles. The molecule has 1 aromatic rings. The van der Waals surface area contributed by atoms with E-state index < -0.39 is 0 Å². The van der Waals surface area contributed by atoms with Gasteiger partial charge in [-0.05, 0) is 18.2 Å². The molecular formula is C12H15NO4. The van der Waals surface area contributed by atoms with E-state index >= 15 is 0 Å². The van der Waals surface area contributed by atoms with Gasteiger partial charge in [0.1, 0.15) is 18.5 Å². The van der Waals surface area contributed by atoms with Gasteiger partial charge in [-0.15, -0.1) is 0 Å². The minimum atomic E-state index is -0.365. The van der Waals surface area contributed by atoms with Gasteiger partial charge in [0.25, 0.3) is 0 Å². The van der Waals surface area contributed by atoms with Gasteiger partial charge in [-0.1, -0.05) is 0 Å². The van der Waals surface area contributed by atoms with Crippen LogP contribution in [0.1, 0.15) is 11.9 Å². The fourth-order valence-electron chi connectivity index (χ4n) is 1.74. The molecule has 0 aliphatic carbocycles. The monoisotopic (exact) mass is 237 g/mol. The summed E-state index contributed by atoms with van der Waals surface area (Å²) in [5.74, 6) is 0.767. The van der Waals surface area contributed by atoms with E-state index in [0.29, 0.717) is 25.5 Å². The van der Waals surface area contributed by atoms with Crippen molar-refractivity contribution in [3.05, 3.63) is 23.8 Å². The zero-order valence-electron chi connectivity index (χ0n) is 9.43. The first kappa shape index (κ1) is 10.8. The Labute approximate surface area is 99.4 Å². The molecule has 1 atom stereocenters. The van der Waals surface area contributed by atoms with Crippen LogP contribution in [0.25, 0.3) is 0 Å². The average molecular weight is 237 g/mol. The number of nitrogen functional groups attached to an aromatic ring is 1. The standard InChI is InChI=1S/C12H15NO4/c13-11-2-1-8(16-6-9-7-17-9)5-10(11)12-14-3-4-15-12/h1-2,5,9,12H,3-4,6-7,13H2. The lowest BCUT2D eigenvalue weighted by Crippen LogP contribution is -2.07. The fourth-order valence-corrected chi connectivity index (χ4v) is 1.74. The van der Waals surface area contributed by atoms with Gasteiger partial charge >= 0.3 is 0 Å². The van der Waals surface area contributed by atoms with Crippen molar-refractivity contribution in [3.63, 3.8) is 0 Å². The topological polar surface area (TPSA) is 66.2 Å². The first-order chi connectivity index (χ1) is 8.33. The molecule has 2 N–H and O–H groups in total. The number of hydrogen-bond donors (Lipinski definition) is 1. The first-order valence-corrected chi connectivity index (χ1v) is 5.70. The van der Waals surface area contributed by atoms with Crippen molar-refractivity contribution in [1.82, 2.24) is 0 Å². The van der Waals surface area contributed by atoms with E-state index in [1.54, 1.807) is 0 Å². The highest BCUT2D eigenvalue weighted by molar-refractivity contribution is 5.51. The number of hydrogen-bond acceptors (Lipinski definition) is 5. The van der Waals surface area contributed by atoms with Gasteiger partial charge in [0.15, 0.2) is 6.29 Å². The highest BCUT2D eigenvalue weighted by Crippen LogP contribution is 2.31. The van der Waals surface area contributed by atoms with Crippen LogP contribution < -0.4 is 10.5 Å². The molecule has 2 saturated heterocycles. The van der Waals surface area contributed by atoms with Crippen LogP contribution in [-0.4, -0.2) is 32.5 Å². The second kappa shape index (κ2) is 4.52. The van der Waals surface area contributed by atoms with Gasteiger partial charge in [-0.25, -0.2) is 0 Å². The second-order valence-electron chi connectivity index (χ2n) is 4.13. The lowest BCUT2D eigenvalue weighted by atomic mass is 10.1. The third-order valence-corrected chi connectivity index (χ3v) is 2.77. The van der Waals surface area contributed by atoms with Crippen LogP contribution in [0, 0.1) is 0 Å². The van der Waals surface area contributed by atoms with Crippen molar-refractivity contribution >= 4 is 5.69 Å². The number of rotatable bonds is 4. The minimum absolute atomic E-state index is 0.245. The molecule has 0 radical (unpaired) electrons. The SMILES string of the molecule is Nc1ccc(OCC2CO2)cc1C1OCCO1. The molecule has 2 heterocycles. The molecule has 2 aliphatic heterocycles. The Morgan fingerprint density at radius 2 is 2.00 bits per heavy atom. The fraction of sp³-hybridized carbons (Fsp3) is 0.500. The number of benzene rings is 1. The molecule has 0 spiro atoms. The van der Waals surface area contributed by atoms with Crippen molar-refractivity contribution in [1.29, 1.82) is 0 Å². The van der Waals surface area contributed by atoms with Crippen molar-refractivity contribution in [2.75, 3.05) is 32.2 Å². The number of nitrogens with two attached hydrogens (primary N) is 1. The van der Waals surface area contributed by atoms with Crippen molar-refractivity contribution in [2.45, 2.75) is 12.4 Å². The third-order valence-electron chi connectivity index (χ3n) is 2.77.